The minimum Gasteiger partial charge on any atom is -0.495 e. The first-order valence-electron chi connectivity index (χ1n) is 6.71. The molecule has 2 aromatic carbocycles. The van der Waals surface area contributed by atoms with E-state index in [1.807, 2.05) is 19.1 Å². The highest BCUT2D eigenvalue weighted by molar-refractivity contribution is 6.32. The van der Waals surface area contributed by atoms with E-state index >= 15 is 0 Å². The van der Waals surface area contributed by atoms with Gasteiger partial charge in [-0.2, -0.15) is 0 Å². The Bertz CT molecular complexity index is 666. The van der Waals surface area contributed by atoms with Gasteiger partial charge in [-0.1, -0.05) is 41.4 Å². The second-order valence-corrected chi connectivity index (χ2v) is 5.78. The van der Waals surface area contributed by atoms with Crippen molar-refractivity contribution < 1.29 is 9.84 Å². The van der Waals surface area contributed by atoms with Crippen LogP contribution >= 0.6 is 11.6 Å². The van der Waals surface area contributed by atoms with Crippen LogP contribution in [-0.2, 0) is 12.0 Å². The Hall–Kier alpha value is -1.51. The van der Waals surface area contributed by atoms with Gasteiger partial charge in [-0.05, 0) is 48.6 Å². The third-order valence-corrected chi connectivity index (χ3v) is 4.41. The summed E-state index contributed by atoms with van der Waals surface area (Å²) >= 11 is 6.07. The summed E-state index contributed by atoms with van der Waals surface area (Å²) < 4.78 is 5.26. The Labute approximate surface area is 124 Å². The number of halogens is 1. The molecule has 0 aromatic heterocycles. The van der Waals surface area contributed by atoms with Crippen molar-refractivity contribution in [3.63, 3.8) is 0 Å². The van der Waals surface area contributed by atoms with Gasteiger partial charge in [-0.15, -0.1) is 0 Å². The van der Waals surface area contributed by atoms with Crippen molar-refractivity contribution in [1.29, 1.82) is 0 Å². The van der Waals surface area contributed by atoms with Gasteiger partial charge in [0.15, 0.2) is 0 Å². The molecule has 104 valence electrons. The lowest BCUT2D eigenvalue weighted by atomic mass is 9.87. The maximum Gasteiger partial charge on any atom is 0.137 e. The highest BCUT2D eigenvalue weighted by Crippen LogP contribution is 2.44. The number of aryl methyl sites for hydroxylation is 2. The second-order valence-electron chi connectivity index (χ2n) is 5.37. The summed E-state index contributed by atoms with van der Waals surface area (Å²) in [5.74, 6) is 0.596. The number of methoxy groups -OCH3 is 1. The average molecular weight is 289 g/mol. The van der Waals surface area contributed by atoms with E-state index in [1.54, 1.807) is 13.2 Å². The van der Waals surface area contributed by atoms with Crippen LogP contribution in [-0.4, -0.2) is 12.2 Å². The first-order chi connectivity index (χ1) is 9.54. The van der Waals surface area contributed by atoms with Crippen LogP contribution in [0.15, 0.2) is 36.4 Å². The molecule has 1 atom stereocenters. The van der Waals surface area contributed by atoms with E-state index in [0.717, 1.165) is 23.1 Å². The molecule has 3 heteroatoms. The summed E-state index contributed by atoms with van der Waals surface area (Å²) in [6.45, 7) is 2.04. The van der Waals surface area contributed by atoms with Crippen LogP contribution in [0.5, 0.6) is 5.75 Å². The minimum atomic E-state index is -0.945. The highest BCUT2D eigenvalue weighted by Gasteiger charge is 2.38. The molecular weight excluding hydrogens is 272 g/mol. The van der Waals surface area contributed by atoms with Gasteiger partial charge in [0, 0.05) is 0 Å². The second kappa shape index (κ2) is 4.80. The molecular formula is C17H17ClO2. The minimum absolute atomic E-state index is 0.558. The van der Waals surface area contributed by atoms with Crippen LogP contribution in [0.3, 0.4) is 0 Å². The Morgan fingerprint density at radius 3 is 2.75 bits per heavy atom. The Kier molecular flexibility index (Phi) is 3.23. The van der Waals surface area contributed by atoms with Gasteiger partial charge in [0.05, 0.1) is 12.1 Å². The number of aliphatic hydroxyl groups is 1. The van der Waals surface area contributed by atoms with Crippen molar-refractivity contribution >= 4 is 11.6 Å². The number of hydrogen-bond donors (Lipinski definition) is 1. The fraction of sp³-hybridized carbons (Fsp3) is 0.294. The molecule has 0 radical (unpaired) electrons. The van der Waals surface area contributed by atoms with Crippen molar-refractivity contribution in [2.24, 2.45) is 0 Å². The topological polar surface area (TPSA) is 29.5 Å². The number of fused-ring (bicyclic) bond motifs is 1. The zero-order valence-corrected chi connectivity index (χ0v) is 12.4. The zero-order valence-electron chi connectivity index (χ0n) is 11.6. The number of ether oxygens (including phenoxy) is 1. The van der Waals surface area contributed by atoms with Crippen molar-refractivity contribution in [2.75, 3.05) is 7.11 Å². The molecule has 0 amide bonds. The number of benzene rings is 2. The normalized spacial score (nSPS) is 20.8. The van der Waals surface area contributed by atoms with Crippen molar-refractivity contribution in [2.45, 2.75) is 25.4 Å². The Morgan fingerprint density at radius 1 is 1.20 bits per heavy atom. The fourth-order valence-corrected chi connectivity index (χ4v) is 3.16. The van der Waals surface area contributed by atoms with Crippen LogP contribution in [0, 0.1) is 6.92 Å². The number of hydrogen-bond acceptors (Lipinski definition) is 2. The predicted octanol–water partition coefficient (Wildman–Crippen LogP) is 3.84. The van der Waals surface area contributed by atoms with Gasteiger partial charge in [0.1, 0.15) is 11.4 Å². The largest absolute Gasteiger partial charge is 0.495 e. The highest BCUT2D eigenvalue weighted by atomic mass is 35.5. The standard InChI is InChI=1S/C17H17ClO2/c1-11-3-4-12-7-8-17(19,14(12)9-11)13-5-6-15(18)16(10-13)20-2/h3-6,9-10,19H,7-8H2,1-2H3. The summed E-state index contributed by atoms with van der Waals surface area (Å²) in [5, 5.41) is 11.7. The quantitative estimate of drug-likeness (QED) is 0.910. The van der Waals surface area contributed by atoms with E-state index in [4.69, 9.17) is 16.3 Å². The van der Waals surface area contributed by atoms with Crippen molar-refractivity contribution in [3.05, 3.63) is 63.7 Å². The van der Waals surface area contributed by atoms with E-state index in [-0.39, 0.29) is 0 Å². The van der Waals surface area contributed by atoms with Gasteiger partial charge >= 0.3 is 0 Å². The van der Waals surface area contributed by atoms with Gasteiger partial charge in [-0.3, -0.25) is 0 Å². The van der Waals surface area contributed by atoms with Crippen LogP contribution in [0.2, 0.25) is 5.02 Å². The SMILES string of the molecule is COc1cc(C2(O)CCc3ccc(C)cc32)ccc1Cl. The van der Waals surface area contributed by atoms with E-state index < -0.39 is 5.60 Å². The van der Waals surface area contributed by atoms with Gasteiger partial charge in [0.2, 0.25) is 0 Å². The third-order valence-electron chi connectivity index (χ3n) is 4.10. The Balaban J connectivity index is 2.14. The van der Waals surface area contributed by atoms with Crippen LogP contribution in [0.25, 0.3) is 0 Å². The van der Waals surface area contributed by atoms with Crippen molar-refractivity contribution in [3.8, 4) is 5.75 Å². The molecule has 0 spiro atoms. The summed E-state index contributed by atoms with van der Waals surface area (Å²) in [6, 6.07) is 11.8. The van der Waals surface area contributed by atoms with E-state index in [2.05, 4.69) is 18.2 Å². The summed E-state index contributed by atoms with van der Waals surface area (Å²) in [5.41, 5.74) is 3.26. The molecule has 2 aromatic rings. The van der Waals surface area contributed by atoms with Gasteiger partial charge in [-0.25, -0.2) is 0 Å². The first kappa shape index (κ1) is 13.5. The fourth-order valence-electron chi connectivity index (χ4n) is 2.96. The van der Waals surface area contributed by atoms with Crippen molar-refractivity contribution in [1.82, 2.24) is 0 Å². The monoisotopic (exact) mass is 288 g/mol. The van der Waals surface area contributed by atoms with E-state index in [1.165, 1.54) is 5.56 Å². The maximum atomic E-state index is 11.2. The lowest BCUT2D eigenvalue weighted by Gasteiger charge is -2.25. The van der Waals surface area contributed by atoms with E-state index in [0.29, 0.717) is 17.2 Å². The molecule has 1 aliphatic carbocycles. The summed E-state index contributed by atoms with van der Waals surface area (Å²) in [6.07, 6.45) is 1.58. The molecule has 2 nitrogen and oxygen atoms in total. The smallest absolute Gasteiger partial charge is 0.137 e. The Morgan fingerprint density at radius 2 is 2.00 bits per heavy atom. The molecule has 1 aliphatic rings. The summed E-state index contributed by atoms with van der Waals surface area (Å²) in [4.78, 5) is 0. The maximum absolute atomic E-state index is 11.2. The third kappa shape index (κ3) is 2.00. The molecule has 0 saturated carbocycles. The predicted molar refractivity (Wildman–Crippen MR) is 80.5 cm³/mol. The molecule has 0 bridgehead atoms. The van der Waals surface area contributed by atoms with Gasteiger partial charge in [0.25, 0.3) is 0 Å². The number of rotatable bonds is 2. The molecule has 0 heterocycles. The van der Waals surface area contributed by atoms with E-state index in [9.17, 15) is 5.11 Å². The van der Waals surface area contributed by atoms with Crippen LogP contribution in [0.1, 0.15) is 28.7 Å². The molecule has 0 aliphatic heterocycles. The lowest BCUT2D eigenvalue weighted by Crippen LogP contribution is -2.24. The molecule has 20 heavy (non-hydrogen) atoms. The zero-order chi connectivity index (χ0) is 14.3. The molecule has 0 fully saturated rings. The van der Waals surface area contributed by atoms with Crippen LogP contribution < -0.4 is 4.74 Å². The van der Waals surface area contributed by atoms with Gasteiger partial charge < -0.3 is 9.84 Å². The average Bonchev–Trinajstić information content (AvgIpc) is 2.78. The van der Waals surface area contributed by atoms with Crippen LogP contribution in [0.4, 0.5) is 0 Å². The molecule has 1 N–H and O–H groups in total. The molecule has 1 unspecified atom stereocenters. The molecule has 3 rings (SSSR count). The summed E-state index contributed by atoms with van der Waals surface area (Å²) in [7, 11) is 1.59. The lowest BCUT2D eigenvalue weighted by molar-refractivity contribution is 0.0826. The first-order valence-corrected chi connectivity index (χ1v) is 7.09. The molecule has 0 saturated heterocycles.